The van der Waals surface area contributed by atoms with Crippen molar-refractivity contribution in [1.82, 2.24) is 9.97 Å². The normalized spacial score (nSPS) is 10.5. The van der Waals surface area contributed by atoms with E-state index < -0.39 is 5.82 Å². The number of thiophene rings is 1. The smallest absolute Gasteiger partial charge is 0.142 e. The van der Waals surface area contributed by atoms with Crippen LogP contribution in [0.15, 0.2) is 54.9 Å². The van der Waals surface area contributed by atoms with Crippen molar-refractivity contribution >= 4 is 67.9 Å². The molecule has 0 atom stereocenters. The highest BCUT2D eigenvalue weighted by molar-refractivity contribution is 7.21. The molecule has 0 aliphatic heterocycles. The third-order valence-electron chi connectivity index (χ3n) is 3.71. The number of anilines is 2. The van der Waals surface area contributed by atoms with Gasteiger partial charge in [-0.05, 0) is 42.0 Å². The monoisotopic (exact) mass is 471 g/mol. The van der Waals surface area contributed by atoms with Crippen molar-refractivity contribution in [2.45, 2.75) is 0 Å². The first-order valence-corrected chi connectivity index (χ1v) is 10.6. The Kier molecular flexibility index (Phi) is 7.61. The Labute approximate surface area is 185 Å². The molecule has 0 spiro atoms. The number of nitrogens with one attached hydrogen (secondary N) is 1. The molecule has 0 saturated heterocycles. The van der Waals surface area contributed by atoms with E-state index in [4.69, 9.17) is 34.8 Å². The molecule has 3 nitrogen and oxygen atoms in total. The van der Waals surface area contributed by atoms with Crippen molar-refractivity contribution < 1.29 is 8.78 Å². The van der Waals surface area contributed by atoms with Crippen molar-refractivity contribution in [2.75, 3.05) is 17.1 Å². The third kappa shape index (κ3) is 5.54. The molecule has 150 valence electrons. The van der Waals surface area contributed by atoms with E-state index in [0.29, 0.717) is 23.3 Å². The lowest BCUT2D eigenvalue weighted by atomic mass is 10.2. The highest BCUT2D eigenvalue weighted by atomic mass is 35.5. The Morgan fingerprint density at radius 3 is 2.31 bits per heavy atom. The van der Waals surface area contributed by atoms with Crippen LogP contribution in [0.5, 0.6) is 0 Å². The first-order valence-electron chi connectivity index (χ1n) is 8.36. The third-order valence-corrected chi connectivity index (χ3v) is 5.67. The average Bonchev–Trinajstić information content (AvgIpc) is 3.17. The first kappa shape index (κ1) is 21.7. The van der Waals surface area contributed by atoms with Crippen LogP contribution in [0.1, 0.15) is 0 Å². The Balaban J connectivity index is 0.000000552. The van der Waals surface area contributed by atoms with Crippen LogP contribution in [0, 0.1) is 11.6 Å². The van der Waals surface area contributed by atoms with Gasteiger partial charge in [-0.2, -0.15) is 0 Å². The molecule has 0 aliphatic rings. The zero-order valence-corrected chi connectivity index (χ0v) is 17.9. The van der Waals surface area contributed by atoms with Gasteiger partial charge in [-0.25, -0.2) is 18.7 Å². The molecule has 0 aliphatic carbocycles. The van der Waals surface area contributed by atoms with E-state index >= 15 is 0 Å². The van der Waals surface area contributed by atoms with Crippen LogP contribution in [-0.4, -0.2) is 21.7 Å². The van der Waals surface area contributed by atoms with E-state index in [1.165, 1.54) is 41.9 Å². The summed E-state index contributed by atoms with van der Waals surface area (Å²) >= 11 is 17.4. The molecular weight excluding hydrogens is 459 g/mol. The number of halogens is 5. The predicted molar refractivity (Wildman–Crippen MR) is 119 cm³/mol. The van der Waals surface area contributed by atoms with Crippen LogP contribution in [0.25, 0.3) is 20.7 Å². The number of fused-ring (bicyclic) bond motifs is 1. The molecule has 2 heterocycles. The van der Waals surface area contributed by atoms with Gasteiger partial charge in [-0.3, -0.25) is 0 Å². The van der Waals surface area contributed by atoms with Crippen LogP contribution < -0.4 is 5.32 Å². The van der Waals surface area contributed by atoms with Crippen molar-refractivity contribution in [2.24, 2.45) is 0 Å². The second-order valence-electron chi connectivity index (χ2n) is 5.69. The number of nitrogens with zero attached hydrogens (tertiary/aromatic N) is 2. The van der Waals surface area contributed by atoms with Crippen LogP contribution in [0.3, 0.4) is 0 Å². The van der Waals surface area contributed by atoms with Crippen molar-refractivity contribution in [3.8, 4) is 10.4 Å². The maximum absolute atomic E-state index is 13.3. The minimum Gasteiger partial charge on any atom is -0.340 e. The van der Waals surface area contributed by atoms with Crippen molar-refractivity contribution in [1.29, 1.82) is 0 Å². The van der Waals surface area contributed by atoms with E-state index in [2.05, 4.69) is 15.3 Å². The zero-order chi connectivity index (χ0) is 20.8. The first-order chi connectivity index (χ1) is 14.0. The second kappa shape index (κ2) is 10.2. The Morgan fingerprint density at radius 2 is 1.66 bits per heavy atom. The molecule has 1 N–H and O–H groups in total. The van der Waals surface area contributed by atoms with Crippen LogP contribution in [0.2, 0.25) is 5.02 Å². The molecule has 0 unspecified atom stereocenters. The summed E-state index contributed by atoms with van der Waals surface area (Å²) in [5.41, 5.74) is 1.53. The number of benzene rings is 2. The topological polar surface area (TPSA) is 37.8 Å². The molecule has 0 amide bonds. The summed E-state index contributed by atoms with van der Waals surface area (Å²) in [7, 11) is 0. The molecule has 2 aromatic heterocycles. The van der Waals surface area contributed by atoms with Gasteiger partial charge < -0.3 is 5.32 Å². The zero-order valence-electron chi connectivity index (χ0n) is 14.8. The Hall–Kier alpha value is -1.99. The van der Waals surface area contributed by atoms with Crippen molar-refractivity contribution in [3.63, 3.8) is 0 Å². The SMILES string of the molecule is ClCCCl.Fc1ccc(-c2cc3c(Nc4ccc(F)c(Cl)c4)ncnc3s2)cc1. The summed E-state index contributed by atoms with van der Waals surface area (Å²) < 4.78 is 26.4. The van der Waals surface area contributed by atoms with Crippen LogP contribution in [-0.2, 0) is 0 Å². The largest absolute Gasteiger partial charge is 0.340 e. The highest BCUT2D eigenvalue weighted by Crippen LogP contribution is 2.36. The van der Waals surface area contributed by atoms with Gasteiger partial charge in [0.2, 0.25) is 0 Å². The number of rotatable bonds is 4. The Bertz CT molecular complexity index is 1100. The molecule has 4 rings (SSSR count). The summed E-state index contributed by atoms with van der Waals surface area (Å²) in [6.07, 6.45) is 1.46. The fraction of sp³-hybridized carbons (Fsp3) is 0.100. The van der Waals surface area contributed by atoms with E-state index in [1.807, 2.05) is 6.07 Å². The van der Waals surface area contributed by atoms with Crippen LogP contribution >= 0.6 is 46.1 Å². The fourth-order valence-corrected chi connectivity index (χ4v) is 3.61. The van der Waals surface area contributed by atoms with E-state index in [0.717, 1.165) is 20.7 Å². The quantitative estimate of drug-likeness (QED) is 0.312. The summed E-state index contributed by atoms with van der Waals surface area (Å²) in [6.45, 7) is 0. The minimum absolute atomic E-state index is 0.0348. The molecule has 2 aromatic carbocycles. The molecule has 0 radical (unpaired) electrons. The van der Waals surface area contributed by atoms with E-state index in [9.17, 15) is 8.78 Å². The molecule has 29 heavy (non-hydrogen) atoms. The van der Waals surface area contributed by atoms with Gasteiger partial charge >= 0.3 is 0 Å². The lowest BCUT2D eigenvalue weighted by molar-refractivity contribution is 0.628. The van der Waals surface area contributed by atoms with Gasteiger partial charge in [-0.1, -0.05) is 23.7 Å². The summed E-state index contributed by atoms with van der Waals surface area (Å²) in [5.74, 6) is 0.954. The van der Waals surface area contributed by atoms with E-state index in [1.54, 1.807) is 18.2 Å². The average molecular weight is 473 g/mol. The summed E-state index contributed by atoms with van der Waals surface area (Å²) in [4.78, 5) is 10.3. The van der Waals surface area contributed by atoms with Gasteiger partial charge in [0.05, 0.1) is 10.4 Å². The van der Waals surface area contributed by atoms with Gasteiger partial charge in [-0.15, -0.1) is 34.5 Å². The van der Waals surface area contributed by atoms with Crippen molar-refractivity contribution in [3.05, 3.63) is 71.5 Å². The summed E-state index contributed by atoms with van der Waals surface area (Å²) in [5, 5.41) is 3.99. The number of hydrogen-bond acceptors (Lipinski definition) is 4. The van der Waals surface area contributed by atoms with Gasteiger partial charge in [0, 0.05) is 22.3 Å². The highest BCUT2D eigenvalue weighted by Gasteiger charge is 2.11. The molecule has 0 saturated carbocycles. The van der Waals surface area contributed by atoms with E-state index in [-0.39, 0.29) is 10.8 Å². The molecule has 9 heteroatoms. The minimum atomic E-state index is -0.478. The molecular formula is C20H14Cl3F2N3S. The lowest BCUT2D eigenvalue weighted by Gasteiger charge is -2.06. The maximum atomic E-state index is 13.3. The van der Waals surface area contributed by atoms with Gasteiger partial charge in [0.25, 0.3) is 0 Å². The summed E-state index contributed by atoms with van der Waals surface area (Å²) in [6, 6.07) is 12.6. The Morgan fingerprint density at radius 1 is 0.931 bits per heavy atom. The predicted octanol–water partition coefficient (Wildman–Crippen LogP) is 7.50. The van der Waals surface area contributed by atoms with Gasteiger partial charge in [0.15, 0.2) is 0 Å². The number of aromatic nitrogens is 2. The van der Waals surface area contributed by atoms with Crippen LogP contribution in [0.4, 0.5) is 20.3 Å². The number of hydrogen-bond donors (Lipinski definition) is 1. The standard InChI is InChI=1S/C18H10ClF2N3S.C2H4Cl2/c19-14-7-12(5-6-15(14)21)24-17-13-8-16(25-18(13)23-9-22-17)10-1-3-11(20)4-2-10;3-1-2-4/h1-9H,(H,22,23,24);1-2H2. The molecule has 0 fully saturated rings. The molecule has 0 bridgehead atoms. The maximum Gasteiger partial charge on any atom is 0.142 e. The molecule has 4 aromatic rings. The fourth-order valence-electron chi connectivity index (χ4n) is 2.42. The van der Waals surface area contributed by atoms with Gasteiger partial charge in [0.1, 0.15) is 28.6 Å². The lowest BCUT2D eigenvalue weighted by Crippen LogP contribution is -1.95. The second-order valence-corrected chi connectivity index (χ2v) is 7.88. The number of alkyl halides is 2.